The molecule has 6 nitrogen and oxygen atoms in total. The standard InChI is InChI=1S/C20H18N4O2/c21-18(20(26)24-16-4-2-1-3-5-16)14-6-8-15(9-7-14)19(25)23-17-10-12-22-13-11-17/h1-13,18H,21H2,(H,24,26)(H,22,23,25). The number of pyridine rings is 1. The molecule has 0 saturated heterocycles. The first-order chi connectivity index (χ1) is 12.6. The first-order valence-electron chi connectivity index (χ1n) is 8.06. The van der Waals surface area contributed by atoms with Gasteiger partial charge in [-0.25, -0.2) is 0 Å². The highest BCUT2D eigenvalue weighted by Gasteiger charge is 2.16. The van der Waals surface area contributed by atoms with Crippen molar-refractivity contribution in [3.05, 3.63) is 90.3 Å². The predicted molar refractivity (Wildman–Crippen MR) is 101 cm³/mol. The molecule has 0 aliphatic carbocycles. The van der Waals surface area contributed by atoms with Crippen LogP contribution in [0.2, 0.25) is 0 Å². The van der Waals surface area contributed by atoms with Crippen LogP contribution in [0.15, 0.2) is 79.1 Å². The van der Waals surface area contributed by atoms with Gasteiger partial charge in [-0.05, 0) is 42.0 Å². The summed E-state index contributed by atoms with van der Waals surface area (Å²) in [7, 11) is 0. The largest absolute Gasteiger partial charge is 0.324 e. The van der Waals surface area contributed by atoms with E-state index in [4.69, 9.17) is 5.73 Å². The summed E-state index contributed by atoms with van der Waals surface area (Å²) in [5, 5.41) is 5.53. The van der Waals surface area contributed by atoms with Crippen LogP contribution in [-0.4, -0.2) is 16.8 Å². The second-order valence-electron chi connectivity index (χ2n) is 5.64. The lowest BCUT2D eigenvalue weighted by molar-refractivity contribution is -0.117. The summed E-state index contributed by atoms with van der Waals surface area (Å²) in [5.74, 6) is -0.560. The molecule has 0 fully saturated rings. The number of benzene rings is 2. The normalized spacial score (nSPS) is 11.4. The molecule has 1 atom stereocenters. The quantitative estimate of drug-likeness (QED) is 0.661. The van der Waals surface area contributed by atoms with Crippen molar-refractivity contribution in [2.75, 3.05) is 10.6 Å². The van der Waals surface area contributed by atoms with Crippen LogP contribution in [0.3, 0.4) is 0 Å². The van der Waals surface area contributed by atoms with Crippen molar-refractivity contribution in [2.45, 2.75) is 6.04 Å². The summed E-state index contributed by atoms with van der Waals surface area (Å²) in [5.41, 5.74) is 8.46. The van der Waals surface area contributed by atoms with E-state index in [9.17, 15) is 9.59 Å². The van der Waals surface area contributed by atoms with Gasteiger partial charge in [-0.1, -0.05) is 30.3 Å². The van der Waals surface area contributed by atoms with Gasteiger partial charge in [-0.2, -0.15) is 0 Å². The van der Waals surface area contributed by atoms with Gasteiger partial charge in [-0.15, -0.1) is 0 Å². The second-order valence-corrected chi connectivity index (χ2v) is 5.64. The van der Waals surface area contributed by atoms with E-state index in [1.165, 1.54) is 0 Å². The third-order valence-corrected chi connectivity index (χ3v) is 3.79. The molecule has 1 aromatic heterocycles. The summed E-state index contributed by atoms with van der Waals surface area (Å²) in [4.78, 5) is 28.4. The number of carbonyl (C=O) groups excluding carboxylic acids is 2. The highest BCUT2D eigenvalue weighted by atomic mass is 16.2. The van der Waals surface area contributed by atoms with Gasteiger partial charge in [0.05, 0.1) is 0 Å². The summed E-state index contributed by atoms with van der Waals surface area (Å²) in [6.07, 6.45) is 3.20. The van der Waals surface area contributed by atoms with Crippen molar-refractivity contribution in [1.82, 2.24) is 4.98 Å². The van der Waals surface area contributed by atoms with Crippen LogP contribution in [0.1, 0.15) is 22.0 Å². The van der Waals surface area contributed by atoms with E-state index in [1.54, 1.807) is 60.9 Å². The van der Waals surface area contributed by atoms with Crippen LogP contribution in [-0.2, 0) is 4.79 Å². The smallest absolute Gasteiger partial charge is 0.255 e. The lowest BCUT2D eigenvalue weighted by atomic mass is 10.0. The lowest BCUT2D eigenvalue weighted by Gasteiger charge is -2.13. The number of hydrogen-bond donors (Lipinski definition) is 3. The van der Waals surface area contributed by atoms with E-state index in [0.717, 1.165) is 0 Å². The number of carbonyl (C=O) groups is 2. The highest BCUT2D eigenvalue weighted by molar-refractivity contribution is 6.04. The van der Waals surface area contributed by atoms with E-state index >= 15 is 0 Å². The van der Waals surface area contributed by atoms with Gasteiger partial charge >= 0.3 is 0 Å². The number of rotatable bonds is 5. The minimum atomic E-state index is -0.826. The first kappa shape index (κ1) is 17.3. The zero-order valence-electron chi connectivity index (χ0n) is 13.9. The van der Waals surface area contributed by atoms with E-state index in [1.807, 2.05) is 18.2 Å². The Hall–Kier alpha value is -3.51. The van der Waals surface area contributed by atoms with Gasteiger partial charge in [0.1, 0.15) is 6.04 Å². The molecule has 0 radical (unpaired) electrons. The molecule has 6 heteroatoms. The molecule has 0 saturated carbocycles. The molecule has 1 heterocycles. The maximum Gasteiger partial charge on any atom is 0.255 e. The van der Waals surface area contributed by atoms with Crippen molar-refractivity contribution in [3.63, 3.8) is 0 Å². The number of amides is 2. The Morgan fingerprint density at radius 2 is 1.42 bits per heavy atom. The predicted octanol–water partition coefficient (Wildman–Crippen LogP) is 2.97. The van der Waals surface area contributed by atoms with Gasteiger partial charge in [0.25, 0.3) is 5.91 Å². The fraction of sp³-hybridized carbons (Fsp3) is 0.0500. The molecule has 0 bridgehead atoms. The van der Waals surface area contributed by atoms with Gasteiger partial charge in [0.2, 0.25) is 5.91 Å². The molecule has 0 aliphatic heterocycles. The van der Waals surface area contributed by atoms with E-state index < -0.39 is 6.04 Å². The molecule has 26 heavy (non-hydrogen) atoms. The summed E-state index contributed by atoms with van der Waals surface area (Å²) in [6, 6.07) is 18.3. The number of hydrogen-bond acceptors (Lipinski definition) is 4. The Morgan fingerprint density at radius 1 is 0.808 bits per heavy atom. The molecular formula is C20H18N4O2. The van der Waals surface area contributed by atoms with Gasteiger partial charge in [0.15, 0.2) is 0 Å². The number of para-hydroxylation sites is 1. The highest BCUT2D eigenvalue weighted by Crippen LogP contribution is 2.16. The van der Waals surface area contributed by atoms with Gasteiger partial charge in [0, 0.05) is 29.3 Å². The Balaban J connectivity index is 1.64. The SMILES string of the molecule is NC(C(=O)Nc1ccccc1)c1ccc(C(=O)Nc2ccncc2)cc1. The van der Waals surface area contributed by atoms with Crippen molar-refractivity contribution in [3.8, 4) is 0 Å². The third-order valence-electron chi connectivity index (χ3n) is 3.79. The fourth-order valence-corrected chi connectivity index (χ4v) is 2.37. The molecule has 1 unspecified atom stereocenters. The van der Waals surface area contributed by atoms with Crippen LogP contribution in [0.4, 0.5) is 11.4 Å². The third kappa shape index (κ3) is 4.31. The zero-order chi connectivity index (χ0) is 18.4. The van der Waals surface area contributed by atoms with E-state index in [2.05, 4.69) is 15.6 Å². The summed E-state index contributed by atoms with van der Waals surface area (Å²) < 4.78 is 0. The first-order valence-corrected chi connectivity index (χ1v) is 8.06. The van der Waals surface area contributed by atoms with Gasteiger partial charge < -0.3 is 16.4 Å². The van der Waals surface area contributed by atoms with Crippen molar-refractivity contribution in [2.24, 2.45) is 5.73 Å². The number of nitrogens with zero attached hydrogens (tertiary/aromatic N) is 1. The Morgan fingerprint density at radius 3 is 2.08 bits per heavy atom. The average molecular weight is 346 g/mol. The van der Waals surface area contributed by atoms with Crippen LogP contribution in [0.5, 0.6) is 0 Å². The van der Waals surface area contributed by atoms with Crippen LogP contribution >= 0.6 is 0 Å². The number of nitrogens with two attached hydrogens (primary N) is 1. The van der Waals surface area contributed by atoms with Crippen LogP contribution in [0, 0.1) is 0 Å². The number of aromatic nitrogens is 1. The maximum absolute atomic E-state index is 12.3. The van der Waals surface area contributed by atoms with Crippen molar-refractivity contribution < 1.29 is 9.59 Å². The van der Waals surface area contributed by atoms with Crippen LogP contribution in [0.25, 0.3) is 0 Å². The molecule has 0 spiro atoms. The minimum Gasteiger partial charge on any atom is -0.324 e. The topological polar surface area (TPSA) is 97.1 Å². The zero-order valence-corrected chi connectivity index (χ0v) is 13.9. The van der Waals surface area contributed by atoms with E-state index in [-0.39, 0.29) is 11.8 Å². The molecule has 3 aromatic rings. The Bertz CT molecular complexity index is 881. The van der Waals surface area contributed by atoms with Gasteiger partial charge in [-0.3, -0.25) is 14.6 Å². The number of anilines is 2. The Labute approximate surface area is 151 Å². The van der Waals surface area contributed by atoms with Crippen molar-refractivity contribution >= 4 is 23.2 Å². The monoisotopic (exact) mass is 346 g/mol. The number of nitrogens with one attached hydrogen (secondary N) is 2. The van der Waals surface area contributed by atoms with E-state index in [0.29, 0.717) is 22.5 Å². The molecule has 130 valence electrons. The Kier molecular flexibility index (Phi) is 5.36. The fourth-order valence-electron chi connectivity index (χ4n) is 2.37. The minimum absolute atomic E-state index is 0.245. The maximum atomic E-state index is 12.3. The molecular weight excluding hydrogens is 328 g/mol. The summed E-state index contributed by atoms with van der Waals surface area (Å²) in [6.45, 7) is 0. The molecule has 0 aliphatic rings. The van der Waals surface area contributed by atoms with Crippen LogP contribution < -0.4 is 16.4 Å². The molecule has 3 rings (SSSR count). The second kappa shape index (κ2) is 8.04. The summed E-state index contributed by atoms with van der Waals surface area (Å²) >= 11 is 0. The molecule has 4 N–H and O–H groups in total. The molecule has 2 amide bonds. The average Bonchev–Trinajstić information content (AvgIpc) is 2.69. The molecule has 2 aromatic carbocycles. The lowest BCUT2D eigenvalue weighted by Crippen LogP contribution is -2.27. The van der Waals surface area contributed by atoms with Crippen molar-refractivity contribution in [1.29, 1.82) is 0 Å².